The molecule has 0 aromatic carbocycles. The molecule has 0 fully saturated rings. The standard InChI is InChI=1S/C16H35NO2.ClH/c1-4-5-6-7-8-9-10-11-12-16(19)13-15(14-18)17(2)3;/h15-16,18-19H,4-14H2,1-3H3;1H. The molecule has 0 aliphatic rings. The highest BCUT2D eigenvalue weighted by molar-refractivity contribution is 5.85. The van der Waals surface area contributed by atoms with Gasteiger partial charge >= 0.3 is 0 Å². The molecule has 0 radical (unpaired) electrons. The molecule has 0 heterocycles. The zero-order valence-electron chi connectivity index (χ0n) is 13.7. The Morgan fingerprint density at radius 1 is 0.900 bits per heavy atom. The summed E-state index contributed by atoms with van der Waals surface area (Å²) in [5, 5.41) is 19.1. The minimum Gasteiger partial charge on any atom is -0.395 e. The van der Waals surface area contributed by atoms with Gasteiger partial charge < -0.3 is 15.1 Å². The summed E-state index contributed by atoms with van der Waals surface area (Å²) in [5.74, 6) is 0. The van der Waals surface area contributed by atoms with Crippen molar-refractivity contribution in [3.63, 3.8) is 0 Å². The highest BCUT2D eigenvalue weighted by atomic mass is 35.5. The molecule has 0 saturated carbocycles. The quantitative estimate of drug-likeness (QED) is 0.511. The average Bonchev–Trinajstić information content (AvgIpc) is 2.38. The van der Waals surface area contributed by atoms with Crippen LogP contribution in [0.1, 0.15) is 71.1 Å². The molecule has 2 N–H and O–H groups in total. The maximum Gasteiger partial charge on any atom is 0.0587 e. The molecule has 0 aliphatic heterocycles. The van der Waals surface area contributed by atoms with E-state index in [9.17, 15) is 10.2 Å². The number of aliphatic hydroxyl groups is 2. The van der Waals surface area contributed by atoms with Crippen LogP contribution in [0.4, 0.5) is 0 Å². The van der Waals surface area contributed by atoms with Gasteiger partial charge in [0.25, 0.3) is 0 Å². The summed E-state index contributed by atoms with van der Waals surface area (Å²) in [6.45, 7) is 2.37. The van der Waals surface area contributed by atoms with E-state index in [1.54, 1.807) is 0 Å². The van der Waals surface area contributed by atoms with E-state index in [0.717, 1.165) is 12.8 Å². The summed E-state index contributed by atoms with van der Waals surface area (Å²) >= 11 is 0. The Balaban J connectivity index is 0. The van der Waals surface area contributed by atoms with Gasteiger partial charge in [-0.3, -0.25) is 0 Å². The Morgan fingerprint density at radius 3 is 1.85 bits per heavy atom. The Kier molecular flexibility index (Phi) is 17.5. The molecule has 124 valence electrons. The van der Waals surface area contributed by atoms with Gasteiger partial charge in [-0.1, -0.05) is 58.3 Å². The molecule has 0 saturated heterocycles. The second-order valence-corrected chi connectivity index (χ2v) is 5.95. The van der Waals surface area contributed by atoms with Gasteiger partial charge in [0.2, 0.25) is 0 Å². The summed E-state index contributed by atoms with van der Waals surface area (Å²) in [4.78, 5) is 1.98. The van der Waals surface area contributed by atoms with E-state index < -0.39 is 0 Å². The van der Waals surface area contributed by atoms with E-state index in [0.29, 0.717) is 6.42 Å². The van der Waals surface area contributed by atoms with Crippen LogP contribution in [0.2, 0.25) is 0 Å². The number of hydrogen-bond acceptors (Lipinski definition) is 3. The summed E-state index contributed by atoms with van der Waals surface area (Å²) in [7, 11) is 3.90. The summed E-state index contributed by atoms with van der Waals surface area (Å²) in [5.41, 5.74) is 0. The monoisotopic (exact) mass is 309 g/mol. The second-order valence-electron chi connectivity index (χ2n) is 5.95. The van der Waals surface area contributed by atoms with Gasteiger partial charge in [0.1, 0.15) is 0 Å². The molecular weight excluding hydrogens is 274 g/mol. The first-order valence-corrected chi connectivity index (χ1v) is 8.07. The zero-order valence-corrected chi connectivity index (χ0v) is 14.5. The molecule has 0 spiro atoms. The number of rotatable bonds is 13. The third-order valence-corrected chi connectivity index (χ3v) is 3.88. The van der Waals surface area contributed by atoms with E-state index in [4.69, 9.17) is 0 Å². The predicted octanol–water partition coefficient (Wildman–Crippen LogP) is 3.61. The van der Waals surface area contributed by atoms with Gasteiger partial charge in [0.15, 0.2) is 0 Å². The third kappa shape index (κ3) is 13.2. The number of nitrogens with zero attached hydrogens (tertiary/aromatic N) is 1. The normalized spacial score (nSPS) is 14.1. The van der Waals surface area contributed by atoms with E-state index in [1.807, 2.05) is 19.0 Å². The summed E-state index contributed by atoms with van der Waals surface area (Å²) < 4.78 is 0. The lowest BCUT2D eigenvalue weighted by Gasteiger charge is -2.24. The van der Waals surface area contributed by atoms with Crippen molar-refractivity contribution in [2.45, 2.75) is 83.3 Å². The molecule has 2 unspecified atom stereocenters. The highest BCUT2D eigenvalue weighted by Gasteiger charge is 2.15. The minimum atomic E-state index is -0.264. The van der Waals surface area contributed by atoms with E-state index >= 15 is 0 Å². The zero-order chi connectivity index (χ0) is 14.5. The van der Waals surface area contributed by atoms with Gasteiger partial charge in [0, 0.05) is 6.04 Å². The van der Waals surface area contributed by atoms with Crippen LogP contribution in [0.5, 0.6) is 0 Å². The molecule has 0 bridgehead atoms. The van der Waals surface area contributed by atoms with Gasteiger partial charge in [0.05, 0.1) is 12.7 Å². The van der Waals surface area contributed by atoms with Crippen molar-refractivity contribution >= 4 is 12.4 Å². The van der Waals surface area contributed by atoms with Crippen LogP contribution >= 0.6 is 12.4 Å². The predicted molar refractivity (Wildman–Crippen MR) is 89.7 cm³/mol. The fourth-order valence-electron chi connectivity index (χ4n) is 2.39. The first-order chi connectivity index (χ1) is 9.11. The van der Waals surface area contributed by atoms with Gasteiger partial charge in [-0.05, 0) is 26.9 Å². The molecule has 0 aromatic rings. The lowest BCUT2D eigenvalue weighted by molar-refractivity contribution is 0.0843. The van der Waals surface area contributed by atoms with Crippen LogP contribution in [0, 0.1) is 0 Å². The maximum atomic E-state index is 9.93. The van der Waals surface area contributed by atoms with Crippen LogP contribution in [0.3, 0.4) is 0 Å². The molecular formula is C16H36ClNO2. The molecule has 3 nitrogen and oxygen atoms in total. The van der Waals surface area contributed by atoms with Gasteiger partial charge in [-0.15, -0.1) is 12.4 Å². The van der Waals surface area contributed by atoms with Crippen molar-refractivity contribution in [2.75, 3.05) is 20.7 Å². The Morgan fingerprint density at radius 2 is 1.40 bits per heavy atom. The van der Waals surface area contributed by atoms with Crippen molar-refractivity contribution in [1.29, 1.82) is 0 Å². The SMILES string of the molecule is CCCCCCCCCCC(O)CC(CO)N(C)C.Cl. The van der Waals surface area contributed by atoms with Crippen molar-refractivity contribution < 1.29 is 10.2 Å². The summed E-state index contributed by atoms with van der Waals surface area (Å²) in [6.07, 6.45) is 11.7. The smallest absolute Gasteiger partial charge is 0.0587 e. The number of likely N-dealkylation sites (N-methyl/N-ethyl adjacent to an activating group) is 1. The molecule has 4 heteroatoms. The van der Waals surface area contributed by atoms with Crippen LogP contribution in [-0.4, -0.2) is 48.0 Å². The number of halogens is 1. The fourth-order valence-corrected chi connectivity index (χ4v) is 2.39. The largest absolute Gasteiger partial charge is 0.395 e. The number of unbranched alkanes of at least 4 members (excludes halogenated alkanes) is 7. The first kappa shape index (κ1) is 22.5. The lowest BCUT2D eigenvalue weighted by atomic mass is 10.0. The van der Waals surface area contributed by atoms with E-state index in [-0.39, 0.29) is 31.2 Å². The molecule has 0 rings (SSSR count). The maximum absolute atomic E-state index is 9.93. The second kappa shape index (κ2) is 15.6. The van der Waals surface area contributed by atoms with E-state index in [2.05, 4.69) is 6.92 Å². The molecule has 0 aromatic heterocycles. The van der Waals surface area contributed by atoms with Crippen LogP contribution in [-0.2, 0) is 0 Å². The third-order valence-electron chi connectivity index (χ3n) is 3.88. The number of hydrogen-bond donors (Lipinski definition) is 2. The molecule has 2 atom stereocenters. The molecule has 0 aliphatic carbocycles. The molecule has 0 amide bonds. The van der Waals surface area contributed by atoms with Gasteiger partial charge in [-0.2, -0.15) is 0 Å². The van der Waals surface area contributed by atoms with Crippen LogP contribution < -0.4 is 0 Å². The Bertz CT molecular complexity index is 191. The topological polar surface area (TPSA) is 43.7 Å². The summed E-state index contributed by atoms with van der Waals surface area (Å²) in [6, 6.07) is 0.0871. The highest BCUT2D eigenvalue weighted by Crippen LogP contribution is 2.13. The van der Waals surface area contributed by atoms with Crippen molar-refractivity contribution in [3.8, 4) is 0 Å². The van der Waals surface area contributed by atoms with Crippen LogP contribution in [0.25, 0.3) is 0 Å². The van der Waals surface area contributed by atoms with Crippen molar-refractivity contribution in [2.24, 2.45) is 0 Å². The molecule has 20 heavy (non-hydrogen) atoms. The Hall–Kier alpha value is 0.170. The van der Waals surface area contributed by atoms with Crippen molar-refractivity contribution in [1.82, 2.24) is 4.90 Å². The van der Waals surface area contributed by atoms with Crippen LogP contribution in [0.15, 0.2) is 0 Å². The minimum absolute atomic E-state index is 0. The van der Waals surface area contributed by atoms with Gasteiger partial charge in [-0.25, -0.2) is 0 Å². The fraction of sp³-hybridized carbons (Fsp3) is 1.00. The average molecular weight is 310 g/mol. The van der Waals surface area contributed by atoms with Crippen molar-refractivity contribution in [3.05, 3.63) is 0 Å². The first-order valence-electron chi connectivity index (χ1n) is 8.07. The lowest BCUT2D eigenvalue weighted by Crippen LogP contribution is -2.34. The van der Waals surface area contributed by atoms with E-state index in [1.165, 1.54) is 44.9 Å². The number of aliphatic hydroxyl groups excluding tert-OH is 2. The Labute approximate surface area is 132 Å².